The predicted molar refractivity (Wildman–Crippen MR) is 70.1 cm³/mol. The van der Waals surface area contributed by atoms with E-state index in [2.05, 4.69) is 0 Å². The van der Waals surface area contributed by atoms with Gasteiger partial charge in [-0.2, -0.15) is 0 Å². The summed E-state index contributed by atoms with van der Waals surface area (Å²) in [5.41, 5.74) is -1.50. The van der Waals surface area contributed by atoms with E-state index in [1.807, 2.05) is 0 Å². The minimum Gasteiger partial charge on any atom is -0.478 e. The second kappa shape index (κ2) is 5.28. The summed E-state index contributed by atoms with van der Waals surface area (Å²) in [6.07, 6.45) is 0. The van der Waals surface area contributed by atoms with Crippen LogP contribution in [0.2, 0.25) is 0 Å². The Morgan fingerprint density at radius 2 is 1.90 bits per heavy atom. The Hall–Kier alpha value is -2.83. The molecule has 0 amide bonds. The number of aromatic carboxylic acids is 1. The molecule has 0 radical (unpaired) electrons. The van der Waals surface area contributed by atoms with Crippen molar-refractivity contribution >= 4 is 11.7 Å². The van der Waals surface area contributed by atoms with Gasteiger partial charge in [-0.1, -0.05) is 6.07 Å². The second-order valence-corrected chi connectivity index (χ2v) is 4.38. The molecule has 0 unspecified atom stereocenters. The first-order chi connectivity index (χ1) is 9.81. The van der Waals surface area contributed by atoms with Crippen LogP contribution in [0, 0.1) is 28.7 Å². The van der Waals surface area contributed by atoms with Crippen molar-refractivity contribution in [3.63, 3.8) is 0 Å². The first-order valence-electron chi connectivity index (χ1n) is 5.79. The van der Waals surface area contributed by atoms with Crippen molar-refractivity contribution in [3.05, 3.63) is 63.2 Å². The number of aryl methyl sites for hydroxylation is 1. The molecule has 1 N–H and O–H groups in total. The first-order valence-corrected chi connectivity index (χ1v) is 5.79. The molecule has 0 aliphatic heterocycles. The Balaban J connectivity index is 2.78. The van der Waals surface area contributed by atoms with Crippen molar-refractivity contribution in [2.45, 2.75) is 6.92 Å². The summed E-state index contributed by atoms with van der Waals surface area (Å²) in [6, 6.07) is 5.01. The van der Waals surface area contributed by atoms with Gasteiger partial charge in [0.2, 0.25) is 0 Å². The minimum absolute atomic E-state index is 0.148. The first kappa shape index (κ1) is 14.6. The molecule has 5 nitrogen and oxygen atoms in total. The van der Waals surface area contributed by atoms with Crippen molar-refractivity contribution in [3.8, 4) is 11.1 Å². The van der Waals surface area contributed by atoms with Crippen LogP contribution in [0.1, 0.15) is 15.9 Å². The van der Waals surface area contributed by atoms with Crippen LogP contribution in [0.25, 0.3) is 11.1 Å². The normalized spacial score (nSPS) is 10.4. The number of nitro groups is 1. The van der Waals surface area contributed by atoms with Gasteiger partial charge in [0.25, 0.3) is 5.69 Å². The van der Waals surface area contributed by atoms with Crippen LogP contribution in [-0.2, 0) is 0 Å². The lowest BCUT2D eigenvalue weighted by atomic mass is 9.99. The molecule has 0 aliphatic rings. The van der Waals surface area contributed by atoms with Gasteiger partial charge in [0, 0.05) is 12.1 Å². The van der Waals surface area contributed by atoms with Gasteiger partial charge in [-0.3, -0.25) is 10.1 Å². The van der Waals surface area contributed by atoms with Crippen molar-refractivity contribution in [2.75, 3.05) is 0 Å². The standard InChI is InChI=1S/C14H9F2NO4/c1-7-2-3-11(15)12(13(7)16)8-4-9(14(18)19)6-10(5-8)17(20)21/h2-6H,1H3,(H,18,19). The third-order valence-electron chi connectivity index (χ3n) is 2.95. The number of carboxylic acids is 1. The Bertz CT molecular complexity index is 727. The fourth-order valence-corrected chi connectivity index (χ4v) is 1.91. The van der Waals surface area contributed by atoms with Gasteiger partial charge in [-0.15, -0.1) is 0 Å². The van der Waals surface area contributed by atoms with Gasteiger partial charge in [0.05, 0.1) is 16.1 Å². The van der Waals surface area contributed by atoms with Crippen LogP contribution in [0.4, 0.5) is 14.5 Å². The molecular formula is C14H9F2NO4. The molecule has 0 bridgehead atoms. The van der Waals surface area contributed by atoms with E-state index in [4.69, 9.17) is 5.11 Å². The van der Waals surface area contributed by atoms with Crippen molar-refractivity contribution in [1.29, 1.82) is 0 Å². The third kappa shape index (κ3) is 2.71. The SMILES string of the molecule is Cc1ccc(F)c(-c2cc(C(=O)O)cc([N+](=O)[O-])c2)c1F. The fraction of sp³-hybridized carbons (Fsp3) is 0.0714. The van der Waals surface area contributed by atoms with Crippen LogP contribution in [0.3, 0.4) is 0 Å². The molecule has 0 fully saturated rings. The summed E-state index contributed by atoms with van der Waals surface area (Å²) in [7, 11) is 0. The highest BCUT2D eigenvalue weighted by atomic mass is 19.1. The maximum absolute atomic E-state index is 14.1. The number of non-ortho nitro benzene ring substituents is 1. The number of carboxylic acid groups (broad SMARTS) is 1. The molecule has 0 saturated heterocycles. The van der Waals surface area contributed by atoms with Crippen molar-refractivity contribution in [2.24, 2.45) is 0 Å². The van der Waals surface area contributed by atoms with E-state index in [-0.39, 0.29) is 11.1 Å². The third-order valence-corrected chi connectivity index (χ3v) is 2.95. The monoisotopic (exact) mass is 293 g/mol. The molecule has 0 aliphatic carbocycles. The summed E-state index contributed by atoms with van der Waals surface area (Å²) in [5, 5.41) is 19.8. The number of benzene rings is 2. The van der Waals surface area contributed by atoms with Crippen LogP contribution < -0.4 is 0 Å². The highest BCUT2D eigenvalue weighted by Crippen LogP contribution is 2.31. The van der Waals surface area contributed by atoms with E-state index in [1.54, 1.807) is 0 Å². The average molecular weight is 293 g/mol. The molecule has 108 valence electrons. The van der Waals surface area contributed by atoms with Gasteiger partial charge >= 0.3 is 5.97 Å². The minimum atomic E-state index is -1.42. The molecule has 2 rings (SSSR count). The lowest BCUT2D eigenvalue weighted by Crippen LogP contribution is -2.01. The molecule has 0 atom stereocenters. The van der Waals surface area contributed by atoms with Crippen molar-refractivity contribution < 1.29 is 23.6 Å². The van der Waals surface area contributed by atoms with Crippen LogP contribution >= 0.6 is 0 Å². The number of carbonyl (C=O) groups is 1. The summed E-state index contributed by atoms with van der Waals surface area (Å²) >= 11 is 0. The van der Waals surface area contributed by atoms with Gasteiger partial charge in [0.15, 0.2) is 0 Å². The zero-order valence-electron chi connectivity index (χ0n) is 10.8. The topological polar surface area (TPSA) is 80.4 Å². The Kier molecular flexibility index (Phi) is 3.66. The van der Waals surface area contributed by atoms with E-state index in [0.717, 1.165) is 24.3 Å². The lowest BCUT2D eigenvalue weighted by molar-refractivity contribution is -0.384. The van der Waals surface area contributed by atoms with Crippen LogP contribution in [-0.4, -0.2) is 16.0 Å². The Morgan fingerprint density at radius 3 is 2.48 bits per heavy atom. The van der Waals surface area contributed by atoms with Gasteiger partial charge < -0.3 is 5.11 Å². The molecule has 2 aromatic rings. The van der Waals surface area contributed by atoms with Crippen molar-refractivity contribution in [1.82, 2.24) is 0 Å². The largest absolute Gasteiger partial charge is 0.478 e. The quantitative estimate of drug-likeness (QED) is 0.693. The number of nitrogens with zero attached hydrogens (tertiary/aromatic N) is 1. The smallest absolute Gasteiger partial charge is 0.335 e. The van der Waals surface area contributed by atoms with E-state index >= 15 is 0 Å². The molecule has 0 heterocycles. The van der Waals surface area contributed by atoms with Gasteiger partial charge in [-0.25, -0.2) is 13.6 Å². The number of nitro benzene ring substituents is 1. The average Bonchev–Trinajstić information content (AvgIpc) is 2.43. The van der Waals surface area contributed by atoms with Gasteiger partial charge in [-0.05, 0) is 30.2 Å². The molecular weight excluding hydrogens is 284 g/mol. The summed E-state index contributed by atoms with van der Waals surface area (Å²) < 4.78 is 27.9. The highest BCUT2D eigenvalue weighted by Gasteiger charge is 2.19. The molecule has 0 spiro atoms. The summed E-state index contributed by atoms with van der Waals surface area (Å²) in [6.45, 7) is 1.41. The Labute approximate surface area is 117 Å². The molecule has 21 heavy (non-hydrogen) atoms. The van der Waals surface area contributed by atoms with Crippen LogP contribution in [0.15, 0.2) is 30.3 Å². The molecule has 2 aromatic carbocycles. The van der Waals surface area contributed by atoms with E-state index in [0.29, 0.717) is 0 Å². The Morgan fingerprint density at radius 1 is 1.24 bits per heavy atom. The van der Waals surface area contributed by atoms with E-state index < -0.39 is 39.3 Å². The number of hydrogen-bond acceptors (Lipinski definition) is 3. The molecule has 7 heteroatoms. The molecule has 0 aromatic heterocycles. The molecule has 0 saturated carbocycles. The van der Waals surface area contributed by atoms with Crippen LogP contribution in [0.5, 0.6) is 0 Å². The summed E-state index contributed by atoms with van der Waals surface area (Å²) in [4.78, 5) is 21.0. The zero-order valence-corrected chi connectivity index (χ0v) is 10.8. The zero-order chi connectivity index (χ0) is 15.7. The van der Waals surface area contributed by atoms with E-state index in [1.165, 1.54) is 13.0 Å². The summed E-state index contributed by atoms with van der Waals surface area (Å²) in [5.74, 6) is -3.23. The predicted octanol–water partition coefficient (Wildman–Crippen LogP) is 3.55. The maximum Gasteiger partial charge on any atom is 0.335 e. The maximum atomic E-state index is 14.1. The van der Waals surface area contributed by atoms with E-state index in [9.17, 15) is 23.7 Å². The van der Waals surface area contributed by atoms with Gasteiger partial charge in [0.1, 0.15) is 11.6 Å². The number of hydrogen-bond donors (Lipinski definition) is 1. The number of rotatable bonds is 3. The number of halogens is 2. The second-order valence-electron chi connectivity index (χ2n) is 4.38. The lowest BCUT2D eigenvalue weighted by Gasteiger charge is -2.08. The fourth-order valence-electron chi connectivity index (χ4n) is 1.91. The highest BCUT2D eigenvalue weighted by molar-refractivity contribution is 5.90.